The second-order valence-electron chi connectivity index (χ2n) is 20.3. The first kappa shape index (κ1) is 53.2. The highest BCUT2D eigenvalue weighted by molar-refractivity contribution is 6.03. The number of aliphatic hydroxyl groups excluding tert-OH is 2. The molecule has 2 N–H and O–H groups in total. The normalized spacial score (nSPS) is 20.8. The maximum atomic E-state index is 15.6. The van der Waals surface area contributed by atoms with Crippen molar-refractivity contribution < 1.29 is 39.0 Å². The van der Waals surface area contributed by atoms with E-state index in [2.05, 4.69) is 61.2 Å². The summed E-state index contributed by atoms with van der Waals surface area (Å²) in [6, 6.07) is 53.6. The van der Waals surface area contributed by atoms with Crippen molar-refractivity contribution >= 4 is 34.2 Å². The van der Waals surface area contributed by atoms with Gasteiger partial charge in [0.15, 0.2) is 0 Å². The van der Waals surface area contributed by atoms with Crippen LogP contribution < -0.4 is 9.47 Å². The number of allylic oxidation sites excluding steroid dienone is 1. The van der Waals surface area contributed by atoms with E-state index in [4.69, 9.17) is 24.2 Å². The molecule has 1 saturated carbocycles. The number of carbonyl (C=O) groups is 1. The zero-order chi connectivity index (χ0) is 53.8. The minimum Gasteiger partial charge on any atom is -0.459 e. The molecule has 1 amide bonds. The predicted octanol–water partition coefficient (Wildman–Crippen LogP) is 13.8. The van der Waals surface area contributed by atoms with Crippen molar-refractivity contribution in [3.8, 4) is 28.4 Å². The van der Waals surface area contributed by atoms with Gasteiger partial charge in [0, 0.05) is 55.9 Å². The van der Waals surface area contributed by atoms with Gasteiger partial charge in [0.2, 0.25) is 11.7 Å². The number of nitro benzene ring substituents is 1. The van der Waals surface area contributed by atoms with Crippen LogP contribution in [0.5, 0.6) is 17.2 Å². The number of rotatable bonds is 23. The zero-order valence-electron chi connectivity index (χ0n) is 43.6. The summed E-state index contributed by atoms with van der Waals surface area (Å²) in [5.41, 5.74) is 7.10. The van der Waals surface area contributed by atoms with Gasteiger partial charge < -0.3 is 34.2 Å². The summed E-state index contributed by atoms with van der Waals surface area (Å²) in [6.45, 7) is 4.71. The van der Waals surface area contributed by atoms with Crippen LogP contribution in [0.3, 0.4) is 0 Å². The van der Waals surface area contributed by atoms with Crippen molar-refractivity contribution in [3.05, 3.63) is 233 Å². The van der Waals surface area contributed by atoms with E-state index < -0.39 is 22.7 Å². The molecular formula is C66H65N3O9. The second-order valence-corrected chi connectivity index (χ2v) is 20.3. The van der Waals surface area contributed by atoms with E-state index in [1.807, 2.05) is 102 Å². The molecule has 0 spiro atoms. The van der Waals surface area contributed by atoms with Crippen molar-refractivity contribution in [2.24, 2.45) is 22.9 Å². The van der Waals surface area contributed by atoms with Crippen molar-refractivity contribution in [3.63, 3.8) is 0 Å². The molecule has 6 unspecified atom stereocenters. The van der Waals surface area contributed by atoms with Crippen LogP contribution in [0.4, 0.5) is 5.69 Å². The largest absolute Gasteiger partial charge is 0.459 e. The van der Waals surface area contributed by atoms with E-state index in [-0.39, 0.29) is 68.7 Å². The molecule has 12 nitrogen and oxygen atoms in total. The van der Waals surface area contributed by atoms with Gasteiger partial charge in [-0.3, -0.25) is 14.9 Å². The predicted molar refractivity (Wildman–Crippen MR) is 305 cm³/mol. The Kier molecular flexibility index (Phi) is 17.0. The molecule has 78 heavy (non-hydrogen) atoms. The van der Waals surface area contributed by atoms with Gasteiger partial charge in [0.25, 0.3) is 5.69 Å². The van der Waals surface area contributed by atoms with Gasteiger partial charge in [-0.25, -0.2) is 0 Å². The molecule has 1 aliphatic heterocycles. The Bertz CT molecular complexity index is 3280. The summed E-state index contributed by atoms with van der Waals surface area (Å²) in [4.78, 5) is 35.0. The van der Waals surface area contributed by atoms with E-state index in [1.54, 1.807) is 24.3 Å². The molecule has 0 aromatic heterocycles. The first-order chi connectivity index (χ1) is 38.3. The monoisotopic (exact) mass is 1040 g/mol. The van der Waals surface area contributed by atoms with E-state index in [0.29, 0.717) is 41.4 Å². The standard InChI is InChI=1S/C66H65N3O9/c1-2-40-75-66-62(68(44-52-23-15-22-50-20-9-10-24-56(50)52)63(72)37-28-46-26-31-53(32-27-46)69(73)74)43-60(67-76-45-47-16-5-3-6-17-47)58-41-51(21-11-13-38-70)57(25-12-14-39-71)64(65(58)66)59-42-55(35-36-61(59)78-66)77-54-33-29-49(30-34-54)48-18-7-4-8-19-48/h2-10,15-20,22-24,26-37,41-42,51,57,62,64-65,70-71H,1,11-14,21,25,38-40,43-45H2. The number of benzene rings is 7. The maximum absolute atomic E-state index is 15.6. The Balaban J connectivity index is 1.16. The number of aliphatic hydroxyl groups is 2. The average Bonchev–Trinajstić information content (AvgIpc) is 3.07. The molecule has 0 saturated heterocycles. The molecule has 2 aliphatic carbocycles. The molecular weight excluding hydrogens is 979 g/mol. The highest BCUT2D eigenvalue weighted by Gasteiger charge is 2.65. The lowest BCUT2D eigenvalue weighted by Crippen LogP contribution is -2.70. The number of amides is 1. The Morgan fingerprint density at radius 1 is 0.795 bits per heavy atom. The van der Waals surface area contributed by atoms with Crippen LogP contribution in [0.1, 0.15) is 73.1 Å². The van der Waals surface area contributed by atoms with Crippen LogP contribution in [-0.2, 0) is 27.5 Å². The molecule has 7 aromatic carbocycles. The summed E-state index contributed by atoms with van der Waals surface area (Å²) < 4.78 is 21.7. The van der Waals surface area contributed by atoms with Gasteiger partial charge in [-0.15, -0.1) is 6.58 Å². The Morgan fingerprint density at radius 3 is 2.23 bits per heavy atom. The van der Waals surface area contributed by atoms with E-state index in [9.17, 15) is 20.3 Å². The fourth-order valence-corrected chi connectivity index (χ4v) is 11.9. The summed E-state index contributed by atoms with van der Waals surface area (Å²) in [7, 11) is 0. The van der Waals surface area contributed by atoms with E-state index in [0.717, 1.165) is 69.8 Å². The fourth-order valence-electron chi connectivity index (χ4n) is 11.9. The van der Waals surface area contributed by atoms with E-state index >= 15 is 4.79 Å². The molecule has 3 aliphatic rings. The molecule has 10 rings (SSSR count). The number of non-ortho nitro benzene ring substituents is 1. The number of oxime groups is 1. The molecule has 1 fully saturated rings. The SMILES string of the molecule is C=CCOC12Oc3ccc(Oc4ccc(-c5ccccc5)cc4)cc3C3C(CCCCO)C(CCCCO)C=C(C(=NOCc4ccccc4)CC1N(Cc1cccc4ccccc14)C(=O)C=Cc1ccc([N+](=O)[O-])cc1)C32. The fraction of sp³-hybridized carbons (Fsp3) is 0.273. The number of ether oxygens (including phenoxy) is 3. The number of hydrogen-bond donors (Lipinski definition) is 2. The topological polar surface area (TPSA) is 153 Å². The smallest absolute Gasteiger partial charge is 0.269 e. The summed E-state index contributed by atoms with van der Waals surface area (Å²) in [5.74, 6) is -0.860. The number of hydrogen-bond acceptors (Lipinski definition) is 10. The Morgan fingerprint density at radius 2 is 1.49 bits per heavy atom. The van der Waals surface area contributed by atoms with Crippen molar-refractivity contribution in [1.29, 1.82) is 0 Å². The first-order valence-corrected chi connectivity index (χ1v) is 27.0. The molecule has 398 valence electrons. The molecule has 1 heterocycles. The van der Waals surface area contributed by atoms with Crippen molar-refractivity contribution in [1.82, 2.24) is 4.90 Å². The third-order valence-electron chi connectivity index (χ3n) is 15.5. The van der Waals surface area contributed by atoms with Gasteiger partial charge in [-0.05, 0) is 130 Å². The minimum atomic E-state index is -1.54. The lowest BCUT2D eigenvalue weighted by Gasteiger charge is -2.60. The Hall–Kier alpha value is -8.16. The quantitative estimate of drug-likeness (QED) is 0.0210. The summed E-state index contributed by atoms with van der Waals surface area (Å²) in [6.07, 6.45) is 11.8. The third-order valence-corrected chi connectivity index (χ3v) is 15.5. The van der Waals surface area contributed by atoms with E-state index in [1.165, 1.54) is 18.2 Å². The lowest BCUT2D eigenvalue weighted by atomic mass is 9.55. The van der Waals surface area contributed by atoms with Crippen LogP contribution in [0.15, 0.2) is 205 Å². The van der Waals surface area contributed by atoms with Gasteiger partial charge in [-0.1, -0.05) is 145 Å². The van der Waals surface area contributed by atoms with Crippen LogP contribution >= 0.6 is 0 Å². The number of fused-ring (bicyclic) bond motifs is 3. The van der Waals surface area contributed by atoms with Crippen molar-refractivity contribution in [2.45, 2.75) is 75.8 Å². The highest BCUT2D eigenvalue weighted by atomic mass is 16.7. The van der Waals surface area contributed by atoms with Gasteiger partial charge in [-0.2, -0.15) is 0 Å². The molecule has 0 bridgehead atoms. The average molecular weight is 1040 g/mol. The van der Waals surface area contributed by atoms with Gasteiger partial charge >= 0.3 is 0 Å². The van der Waals surface area contributed by atoms with Crippen LogP contribution in [0.2, 0.25) is 0 Å². The third kappa shape index (κ3) is 11.7. The molecule has 6 atom stereocenters. The molecule has 0 radical (unpaired) electrons. The maximum Gasteiger partial charge on any atom is 0.269 e. The summed E-state index contributed by atoms with van der Waals surface area (Å²) in [5, 5.41) is 39.0. The lowest BCUT2D eigenvalue weighted by molar-refractivity contribution is -0.384. The number of nitrogens with zero attached hydrogens (tertiary/aromatic N) is 3. The number of unbranched alkanes of at least 4 members (excludes halogenated alkanes) is 2. The number of nitro groups is 1. The molecule has 7 aromatic rings. The highest BCUT2D eigenvalue weighted by Crippen LogP contribution is 2.62. The van der Waals surface area contributed by atoms with Crippen LogP contribution in [0, 0.1) is 27.9 Å². The minimum absolute atomic E-state index is 0.0126. The van der Waals surface area contributed by atoms with Gasteiger partial charge in [0.05, 0.1) is 23.2 Å². The Labute approximate surface area is 455 Å². The van der Waals surface area contributed by atoms with Crippen LogP contribution in [-0.4, -0.2) is 63.3 Å². The first-order valence-electron chi connectivity index (χ1n) is 27.0. The summed E-state index contributed by atoms with van der Waals surface area (Å²) >= 11 is 0. The van der Waals surface area contributed by atoms with Crippen LogP contribution in [0.25, 0.3) is 28.0 Å². The molecule has 12 heteroatoms. The van der Waals surface area contributed by atoms with Gasteiger partial charge in [0.1, 0.15) is 29.9 Å². The second kappa shape index (κ2) is 24.9. The zero-order valence-corrected chi connectivity index (χ0v) is 43.6. The van der Waals surface area contributed by atoms with Crippen molar-refractivity contribution in [2.75, 3.05) is 19.8 Å². The number of carbonyl (C=O) groups excluding carboxylic acids is 1.